The van der Waals surface area contributed by atoms with Crippen LogP contribution in [0, 0.1) is 5.92 Å². The summed E-state index contributed by atoms with van der Waals surface area (Å²) in [5.74, 6) is 7.06. The Labute approximate surface area is 117 Å². The van der Waals surface area contributed by atoms with Gasteiger partial charge < -0.3 is 10.2 Å². The monoisotopic (exact) mass is 267 g/mol. The first-order chi connectivity index (χ1) is 9.31. The molecule has 2 aliphatic rings. The maximum absolute atomic E-state index is 5.56. The zero-order chi connectivity index (χ0) is 13.5. The van der Waals surface area contributed by atoms with E-state index in [-0.39, 0.29) is 0 Å². The number of hydrazine groups is 1. The van der Waals surface area contributed by atoms with E-state index in [1.807, 2.05) is 0 Å². The fourth-order valence-electron chi connectivity index (χ4n) is 3.10. The summed E-state index contributed by atoms with van der Waals surface area (Å²) in [6, 6.07) is 0.566. The van der Waals surface area contributed by atoms with Crippen LogP contribution in [0.25, 0.3) is 0 Å². The molecule has 0 aromatic rings. The van der Waals surface area contributed by atoms with Crippen LogP contribution in [0.1, 0.15) is 45.4 Å². The number of guanidine groups is 1. The number of piperidine rings is 1. The number of hydrogen-bond donors (Lipinski definition) is 3. The van der Waals surface area contributed by atoms with Crippen LogP contribution in [0.5, 0.6) is 0 Å². The van der Waals surface area contributed by atoms with Gasteiger partial charge in [0.2, 0.25) is 5.96 Å². The van der Waals surface area contributed by atoms with Crippen LogP contribution in [0.15, 0.2) is 4.99 Å². The first-order valence-corrected chi connectivity index (χ1v) is 7.81. The summed E-state index contributed by atoms with van der Waals surface area (Å²) in [5, 5.41) is 3.43. The van der Waals surface area contributed by atoms with Gasteiger partial charge in [0.15, 0.2) is 0 Å². The summed E-state index contributed by atoms with van der Waals surface area (Å²) < 4.78 is 0. The van der Waals surface area contributed by atoms with Gasteiger partial charge in [0.25, 0.3) is 0 Å². The summed E-state index contributed by atoms with van der Waals surface area (Å²) in [6.07, 6.45) is 7.67. The van der Waals surface area contributed by atoms with Crippen molar-refractivity contribution in [1.82, 2.24) is 15.6 Å². The van der Waals surface area contributed by atoms with Gasteiger partial charge >= 0.3 is 0 Å². The quantitative estimate of drug-likeness (QED) is 0.308. The highest BCUT2D eigenvalue weighted by atomic mass is 15.3. The largest absolute Gasteiger partial charge is 0.353 e. The van der Waals surface area contributed by atoms with Gasteiger partial charge in [0.1, 0.15) is 0 Å². The Morgan fingerprint density at radius 1 is 1.21 bits per heavy atom. The minimum Gasteiger partial charge on any atom is -0.353 e. The normalized spacial score (nSPS) is 23.8. The van der Waals surface area contributed by atoms with E-state index in [0.29, 0.717) is 6.04 Å². The molecule has 5 heteroatoms. The van der Waals surface area contributed by atoms with E-state index in [1.54, 1.807) is 0 Å². The van der Waals surface area contributed by atoms with E-state index in [0.717, 1.165) is 18.4 Å². The minimum absolute atomic E-state index is 0.566. The number of likely N-dealkylation sites (tertiary alicyclic amines) is 1. The van der Waals surface area contributed by atoms with Crippen molar-refractivity contribution in [2.75, 3.05) is 26.2 Å². The second kappa shape index (κ2) is 7.70. The lowest BCUT2D eigenvalue weighted by Gasteiger charge is -2.30. The van der Waals surface area contributed by atoms with E-state index in [1.165, 1.54) is 58.2 Å². The molecule has 0 unspecified atom stereocenters. The van der Waals surface area contributed by atoms with Gasteiger partial charge in [0.05, 0.1) is 0 Å². The molecule has 0 spiro atoms. The molecular weight excluding hydrogens is 238 g/mol. The molecule has 0 aromatic heterocycles. The molecule has 1 saturated carbocycles. The second-order valence-corrected chi connectivity index (χ2v) is 5.84. The highest BCUT2D eigenvalue weighted by Crippen LogP contribution is 2.18. The van der Waals surface area contributed by atoms with Gasteiger partial charge in [-0.3, -0.25) is 10.4 Å². The van der Waals surface area contributed by atoms with Gasteiger partial charge in [-0.15, -0.1) is 0 Å². The Kier molecular flexibility index (Phi) is 5.92. The molecule has 4 N–H and O–H groups in total. The molecule has 2 fully saturated rings. The molecule has 0 bridgehead atoms. The third-order valence-corrected chi connectivity index (χ3v) is 4.49. The van der Waals surface area contributed by atoms with E-state index in [9.17, 15) is 0 Å². The fraction of sp³-hybridized carbons (Fsp3) is 0.929. The van der Waals surface area contributed by atoms with Crippen molar-refractivity contribution in [2.45, 2.75) is 51.5 Å². The molecule has 1 saturated heterocycles. The topological polar surface area (TPSA) is 65.7 Å². The Hall–Kier alpha value is -0.810. The van der Waals surface area contributed by atoms with Crippen molar-refractivity contribution in [1.29, 1.82) is 0 Å². The first-order valence-electron chi connectivity index (χ1n) is 7.81. The van der Waals surface area contributed by atoms with Crippen molar-refractivity contribution in [3.63, 3.8) is 0 Å². The summed E-state index contributed by atoms with van der Waals surface area (Å²) in [6.45, 7) is 6.75. The predicted octanol–water partition coefficient (Wildman–Crippen LogP) is 1.07. The van der Waals surface area contributed by atoms with Crippen LogP contribution in [0.3, 0.4) is 0 Å². The summed E-state index contributed by atoms with van der Waals surface area (Å²) in [7, 11) is 0. The molecule has 5 nitrogen and oxygen atoms in total. The summed E-state index contributed by atoms with van der Waals surface area (Å²) in [4.78, 5) is 7.14. The molecule has 2 rings (SSSR count). The molecule has 1 aliphatic carbocycles. The van der Waals surface area contributed by atoms with Crippen LogP contribution in [0.4, 0.5) is 0 Å². The average Bonchev–Trinajstić information content (AvgIpc) is 2.97. The predicted molar refractivity (Wildman–Crippen MR) is 79.9 cm³/mol. The number of nitrogens with two attached hydrogens (primary N) is 1. The molecule has 1 heterocycles. The van der Waals surface area contributed by atoms with Crippen LogP contribution >= 0.6 is 0 Å². The molecule has 0 atom stereocenters. The SMILES string of the molecule is CCN1CCC(CN=C(NN)NC2CCCC2)CC1. The lowest BCUT2D eigenvalue weighted by Crippen LogP contribution is -2.46. The highest BCUT2D eigenvalue weighted by Gasteiger charge is 2.19. The van der Waals surface area contributed by atoms with E-state index in [2.05, 4.69) is 27.6 Å². The van der Waals surface area contributed by atoms with Gasteiger partial charge in [0, 0.05) is 12.6 Å². The first kappa shape index (κ1) is 14.6. The van der Waals surface area contributed by atoms with Crippen LogP contribution in [-0.2, 0) is 0 Å². The molecule has 0 aromatic carbocycles. The van der Waals surface area contributed by atoms with Gasteiger partial charge in [-0.2, -0.15) is 0 Å². The van der Waals surface area contributed by atoms with Gasteiger partial charge in [-0.1, -0.05) is 19.8 Å². The van der Waals surface area contributed by atoms with Crippen molar-refractivity contribution < 1.29 is 0 Å². The maximum atomic E-state index is 5.56. The molecular formula is C14H29N5. The zero-order valence-corrected chi connectivity index (χ0v) is 12.2. The standard InChI is InChI=1S/C14H29N5/c1-2-19-9-7-12(8-10-19)11-16-14(18-15)17-13-5-3-4-6-13/h12-13H,2-11,15H2,1H3,(H2,16,17,18). The molecule has 110 valence electrons. The van der Waals surface area contributed by atoms with Crippen LogP contribution in [0.2, 0.25) is 0 Å². The van der Waals surface area contributed by atoms with E-state index >= 15 is 0 Å². The van der Waals surface area contributed by atoms with Crippen LogP contribution < -0.4 is 16.6 Å². The lowest BCUT2D eigenvalue weighted by molar-refractivity contribution is 0.196. The molecule has 1 aliphatic heterocycles. The van der Waals surface area contributed by atoms with Crippen molar-refractivity contribution in [3.05, 3.63) is 0 Å². The lowest BCUT2D eigenvalue weighted by atomic mass is 9.97. The summed E-state index contributed by atoms with van der Waals surface area (Å²) >= 11 is 0. The number of hydrogen-bond acceptors (Lipinski definition) is 3. The number of rotatable bonds is 4. The summed E-state index contributed by atoms with van der Waals surface area (Å²) in [5.41, 5.74) is 2.72. The van der Waals surface area contributed by atoms with Crippen LogP contribution in [-0.4, -0.2) is 43.1 Å². The Balaban J connectivity index is 1.72. The number of nitrogens with one attached hydrogen (secondary N) is 2. The van der Waals surface area contributed by atoms with Gasteiger partial charge in [-0.25, -0.2) is 5.84 Å². The van der Waals surface area contributed by atoms with E-state index < -0.39 is 0 Å². The van der Waals surface area contributed by atoms with Gasteiger partial charge in [-0.05, 0) is 51.2 Å². The molecule has 19 heavy (non-hydrogen) atoms. The number of nitrogens with zero attached hydrogens (tertiary/aromatic N) is 2. The Morgan fingerprint density at radius 3 is 2.47 bits per heavy atom. The fourth-order valence-corrected chi connectivity index (χ4v) is 3.10. The van der Waals surface area contributed by atoms with Crippen molar-refractivity contribution in [3.8, 4) is 0 Å². The van der Waals surface area contributed by atoms with Crippen molar-refractivity contribution >= 4 is 5.96 Å². The zero-order valence-electron chi connectivity index (χ0n) is 12.2. The Bertz CT molecular complexity index is 278. The molecule has 0 radical (unpaired) electrons. The highest BCUT2D eigenvalue weighted by molar-refractivity contribution is 5.79. The van der Waals surface area contributed by atoms with Crippen molar-refractivity contribution in [2.24, 2.45) is 16.8 Å². The third kappa shape index (κ3) is 4.66. The Morgan fingerprint density at radius 2 is 1.89 bits per heavy atom. The molecule has 0 amide bonds. The average molecular weight is 267 g/mol. The third-order valence-electron chi connectivity index (χ3n) is 4.49. The second-order valence-electron chi connectivity index (χ2n) is 5.84. The minimum atomic E-state index is 0.566. The smallest absolute Gasteiger partial charge is 0.205 e. The van der Waals surface area contributed by atoms with E-state index in [4.69, 9.17) is 5.84 Å². The maximum Gasteiger partial charge on any atom is 0.205 e. The number of aliphatic imine (C=N–C) groups is 1.